The van der Waals surface area contributed by atoms with Crippen LogP contribution in [0.1, 0.15) is 35.7 Å². The molecule has 2 aromatic heterocycles. The van der Waals surface area contributed by atoms with Crippen LogP contribution in [-0.4, -0.2) is 37.8 Å². The quantitative estimate of drug-likeness (QED) is 0.706. The van der Waals surface area contributed by atoms with Gasteiger partial charge < -0.3 is 0 Å². The van der Waals surface area contributed by atoms with Gasteiger partial charge in [0.2, 0.25) is 4.96 Å². The summed E-state index contributed by atoms with van der Waals surface area (Å²) in [6, 6.07) is 7.76. The van der Waals surface area contributed by atoms with Gasteiger partial charge in [0, 0.05) is 5.02 Å². The van der Waals surface area contributed by atoms with E-state index in [0.29, 0.717) is 0 Å². The summed E-state index contributed by atoms with van der Waals surface area (Å²) in [7, 11) is 0. The normalized spacial score (nSPS) is 16.4. The maximum atomic E-state index is 6.01. The van der Waals surface area contributed by atoms with Gasteiger partial charge in [-0.15, -0.1) is 10.2 Å². The van der Waals surface area contributed by atoms with Gasteiger partial charge in [-0.3, -0.25) is 4.90 Å². The highest BCUT2D eigenvalue weighted by molar-refractivity contribution is 7.17. The molecule has 0 spiro atoms. The number of hydrogen-bond acceptors (Lipinski definition) is 5. The van der Waals surface area contributed by atoms with E-state index < -0.39 is 0 Å². The van der Waals surface area contributed by atoms with E-state index in [1.165, 1.54) is 19.3 Å². The number of benzene rings is 1. The van der Waals surface area contributed by atoms with Crippen molar-refractivity contribution >= 4 is 40.1 Å². The Balaban J connectivity index is 1.53. The van der Waals surface area contributed by atoms with E-state index in [1.807, 2.05) is 40.9 Å². The third-order valence-electron chi connectivity index (χ3n) is 4.15. The maximum Gasteiger partial charge on any atom is 0.235 e. The summed E-state index contributed by atoms with van der Waals surface area (Å²) in [5, 5.41) is 14.9. The summed E-state index contributed by atoms with van der Waals surface area (Å²) in [6.07, 6.45) is 7.89. The summed E-state index contributed by atoms with van der Waals surface area (Å²) < 4.78 is 1.87. The molecule has 0 saturated carbocycles. The van der Waals surface area contributed by atoms with Crippen molar-refractivity contribution in [1.29, 1.82) is 0 Å². The van der Waals surface area contributed by atoms with Gasteiger partial charge in [-0.25, -0.2) is 0 Å². The molecule has 0 unspecified atom stereocenters. The minimum Gasteiger partial charge on any atom is -0.296 e. The van der Waals surface area contributed by atoms with Gasteiger partial charge in [0.25, 0.3) is 0 Å². The van der Waals surface area contributed by atoms with Crippen LogP contribution in [0.25, 0.3) is 17.1 Å². The van der Waals surface area contributed by atoms with Crippen molar-refractivity contribution in [2.45, 2.75) is 25.8 Å². The summed E-state index contributed by atoms with van der Waals surface area (Å²) in [5.74, 6) is 0.922. The van der Waals surface area contributed by atoms with Crippen LogP contribution in [0.2, 0.25) is 5.02 Å². The first kappa shape index (κ1) is 15.7. The Kier molecular flexibility index (Phi) is 4.60. The van der Waals surface area contributed by atoms with E-state index in [2.05, 4.69) is 20.2 Å². The van der Waals surface area contributed by atoms with E-state index in [-0.39, 0.29) is 0 Å². The first-order chi connectivity index (χ1) is 11.8. The third kappa shape index (κ3) is 3.50. The standard InChI is InChI=1S/C17H18ClN5S/c18-14-6-4-5-13(11-14)7-8-16-21-23-15(19-20-17(23)24-16)12-22-9-2-1-3-10-22/h4-8,11H,1-3,9-10,12H2. The average Bonchev–Trinajstić information content (AvgIpc) is 3.16. The van der Waals surface area contributed by atoms with Crippen LogP contribution in [0.4, 0.5) is 0 Å². The summed E-state index contributed by atoms with van der Waals surface area (Å²) >= 11 is 7.56. The van der Waals surface area contributed by atoms with E-state index in [1.54, 1.807) is 11.3 Å². The average molecular weight is 360 g/mol. The highest BCUT2D eigenvalue weighted by Crippen LogP contribution is 2.19. The van der Waals surface area contributed by atoms with Crippen LogP contribution in [-0.2, 0) is 6.54 Å². The Bertz CT molecular complexity index is 863. The predicted octanol–water partition coefficient (Wildman–Crippen LogP) is 4.00. The molecule has 0 amide bonds. The lowest BCUT2D eigenvalue weighted by molar-refractivity contribution is 0.214. The van der Waals surface area contributed by atoms with Gasteiger partial charge in [-0.05, 0) is 49.7 Å². The number of nitrogens with zero attached hydrogens (tertiary/aromatic N) is 5. The molecule has 1 aromatic carbocycles. The Labute approximate surface area is 149 Å². The lowest BCUT2D eigenvalue weighted by Gasteiger charge is -2.25. The molecule has 1 fully saturated rings. The van der Waals surface area contributed by atoms with Crippen LogP contribution in [0.5, 0.6) is 0 Å². The maximum absolute atomic E-state index is 6.01. The zero-order valence-corrected chi connectivity index (χ0v) is 14.8. The fourth-order valence-electron chi connectivity index (χ4n) is 2.93. The fraction of sp³-hybridized carbons (Fsp3) is 0.353. The molecule has 7 heteroatoms. The second-order valence-corrected chi connectivity index (χ2v) is 7.40. The highest BCUT2D eigenvalue weighted by Gasteiger charge is 2.16. The van der Waals surface area contributed by atoms with Crippen LogP contribution < -0.4 is 0 Å². The Hall–Kier alpha value is -1.76. The van der Waals surface area contributed by atoms with Crippen molar-refractivity contribution in [3.8, 4) is 0 Å². The highest BCUT2D eigenvalue weighted by atomic mass is 35.5. The van der Waals surface area contributed by atoms with E-state index in [4.69, 9.17) is 11.6 Å². The van der Waals surface area contributed by atoms with Crippen LogP contribution in [0.15, 0.2) is 24.3 Å². The summed E-state index contributed by atoms with van der Waals surface area (Å²) in [6.45, 7) is 3.10. The van der Waals surface area contributed by atoms with Crippen molar-refractivity contribution in [3.63, 3.8) is 0 Å². The molecule has 5 nitrogen and oxygen atoms in total. The number of hydrogen-bond donors (Lipinski definition) is 0. The molecule has 3 heterocycles. The van der Waals surface area contributed by atoms with Crippen molar-refractivity contribution in [1.82, 2.24) is 24.7 Å². The van der Waals surface area contributed by atoms with Gasteiger partial charge in [-0.2, -0.15) is 9.61 Å². The first-order valence-corrected chi connectivity index (χ1v) is 9.34. The second-order valence-electron chi connectivity index (χ2n) is 5.98. The molecular weight excluding hydrogens is 342 g/mol. The van der Waals surface area contributed by atoms with Crippen molar-refractivity contribution in [3.05, 3.63) is 45.7 Å². The van der Waals surface area contributed by atoms with E-state index in [9.17, 15) is 0 Å². The predicted molar refractivity (Wildman–Crippen MR) is 98.2 cm³/mol. The lowest BCUT2D eigenvalue weighted by Crippen LogP contribution is -2.30. The van der Waals surface area contributed by atoms with Crippen LogP contribution >= 0.6 is 22.9 Å². The Morgan fingerprint density at radius 3 is 2.83 bits per heavy atom. The number of fused-ring (bicyclic) bond motifs is 1. The summed E-state index contributed by atoms with van der Waals surface area (Å²) in [5.41, 5.74) is 1.06. The largest absolute Gasteiger partial charge is 0.296 e. The van der Waals surface area contributed by atoms with Crippen LogP contribution in [0.3, 0.4) is 0 Å². The van der Waals surface area contributed by atoms with Gasteiger partial charge in [0.15, 0.2) is 5.82 Å². The molecule has 4 rings (SSSR count). The molecule has 1 saturated heterocycles. The number of piperidine rings is 1. The molecular formula is C17H18ClN5S. The number of rotatable bonds is 4. The summed E-state index contributed by atoms with van der Waals surface area (Å²) in [4.78, 5) is 3.27. The third-order valence-corrected chi connectivity index (χ3v) is 5.25. The first-order valence-electron chi connectivity index (χ1n) is 8.15. The molecule has 1 aliphatic rings. The zero-order chi connectivity index (χ0) is 16.4. The van der Waals surface area contributed by atoms with E-state index >= 15 is 0 Å². The van der Waals surface area contributed by atoms with Gasteiger partial charge >= 0.3 is 0 Å². The number of likely N-dealkylation sites (tertiary alicyclic amines) is 1. The molecule has 3 aromatic rings. The second kappa shape index (κ2) is 7.01. The van der Waals surface area contributed by atoms with Gasteiger partial charge in [-0.1, -0.05) is 47.6 Å². The number of halogens is 1. The molecule has 0 aliphatic carbocycles. The smallest absolute Gasteiger partial charge is 0.235 e. The van der Waals surface area contributed by atoms with Crippen LogP contribution in [0, 0.1) is 0 Å². The minimum atomic E-state index is 0.735. The number of aromatic nitrogens is 4. The lowest BCUT2D eigenvalue weighted by atomic mass is 10.1. The minimum absolute atomic E-state index is 0.735. The monoisotopic (exact) mass is 359 g/mol. The van der Waals surface area contributed by atoms with Crippen molar-refractivity contribution in [2.24, 2.45) is 0 Å². The molecule has 0 atom stereocenters. The molecule has 0 bridgehead atoms. The van der Waals surface area contributed by atoms with Crippen molar-refractivity contribution < 1.29 is 0 Å². The zero-order valence-electron chi connectivity index (χ0n) is 13.2. The SMILES string of the molecule is Clc1cccc(C=Cc2nn3c(CN4CCCCC4)nnc3s2)c1. The fourth-order valence-corrected chi connectivity index (χ4v) is 3.89. The van der Waals surface area contributed by atoms with E-state index in [0.717, 1.165) is 46.0 Å². The van der Waals surface area contributed by atoms with Gasteiger partial charge in [0.05, 0.1) is 6.54 Å². The molecule has 0 radical (unpaired) electrons. The topological polar surface area (TPSA) is 46.3 Å². The molecule has 0 N–H and O–H groups in total. The molecule has 1 aliphatic heterocycles. The Morgan fingerprint density at radius 2 is 2.00 bits per heavy atom. The van der Waals surface area contributed by atoms with Gasteiger partial charge in [0.1, 0.15) is 5.01 Å². The molecule has 124 valence electrons. The Morgan fingerprint density at radius 1 is 1.12 bits per heavy atom. The van der Waals surface area contributed by atoms with Crippen molar-refractivity contribution in [2.75, 3.05) is 13.1 Å². The molecule has 24 heavy (non-hydrogen) atoms.